The Hall–Kier alpha value is -3.71. The van der Waals surface area contributed by atoms with Crippen LogP contribution in [0.4, 0.5) is 5.69 Å². The van der Waals surface area contributed by atoms with Crippen molar-refractivity contribution in [1.29, 1.82) is 0 Å². The summed E-state index contributed by atoms with van der Waals surface area (Å²) in [6.07, 6.45) is 3.95. The molecule has 33 heavy (non-hydrogen) atoms. The molecule has 4 aromatic rings. The fourth-order valence-electron chi connectivity index (χ4n) is 3.88. The average molecular weight is 461 g/mol. The molecule has 0 unspecified atom stereocenters. The molecule has 168 valence electrons. The van der Waals surface area contributed by atoms with Gasteiger partial charge in [0.15, 0.2) is 5.06 Å². The van der Waals surface area contributed by atoms with Crippen molar-refractivity contribution in [2.24, 2.45) is 0 Å². The van der Waals surface area contributed by atoms with Gasteiger partial charge < -0.3 is 23.7 Å². The second-order valence-corrected chi connectivity index (χ2v) is 8.67. The molecular weight excluding hydrogens is 436 g/mol. The first-order valence-corrected chi connectivity index (χ1v) is 11.6. The van der Waals surface area contributed by atoms with Crippen LogP contribution in [0.1, 0.15) is 15.9 Å². The summed E-state index contributed by atoms with van der Waals surface area (Å²) in [5.74, 6) is 0.491. The fraction of sp³-hybridized carbons (Fsp3) is 0.192. The van der Waals surface area contributed by atoms with Crippen molar-refractivity contribution in [1.82, 2.24) is 4.57 Å². The number of carbonyl (C=O) groups is 1. The number of hydrogen-bond donors (Lipinski definition) is 0. The van der Waals surface area contributed by atoms with Gasteiger partial charge >= 0.3 is 5.97 Å². The Labute approximate surface area is 196 Å². The highest BCUT2D eigenvalue weighted by Crippen LogP contribution is 2.33. The van der Waals surface area contributed by atoms with Gasteiger partial charge in [0.1, 0.15) is 18.5 Å². The van der Waals surface area contributed by atoms with Crippen LogP contribution in [0.3, 0.4) is 0 Å². The molecule has 0 N–H and O–H groups in total. The molecule has 0 saturated carbocycles. The van der Waals surface area contributed by atoms with E-state index in [1.54, 1.807) is 17.4 Å². The standard InChI is InChI=1S/C26H24N2O4S/c1-30-26(29)22-6-4-7-23(25(22)27-13-2-3-14-27)28-16-21(17-28)32-20-11-9-19(10-12-20)18-31-24-8-5-15-33-24/h2-15,21H,16-18H2,1H3. The van der Waals surface area contributed by atoms with E-state index >= 15 is 0 Å². The minimum Gasteiger partial charge on any atom is -0.487 e. The molecule has 0 radical (unpaired) electrons. The van der Waals surface area contributed by atoms with Crippen LogP contribution in [0.2, 0.25) is 0 Å². The second kappa shape index (κ2) is 9.42. The van der Waals surface area contributed by atoms with Crippen LogP contribution < -0.4 is 14.4 Å². The Morgan fingerprint density at radius 1 is 1.00 bits per heavy atom. The van der Waals surface area contributed by atoms with E-state index in [1.165, 1.54) is 7.11 Å². The topological polar surface area (TPSA) is 52.9 Å². The molecule has 0 aliphatic carbocycles. The average Bonchev–Trinajstić information content (AvgIpc) is 3.54. The van der Waals surface area contributed by atoms with E-state index in [0.717, 1.165) is 40.8 Å². The summed E-state index contributed by atoms with van der Waals surface area (Å²) in [4.78, 5) is 14.6. The SMILES string of the molecule is COC(=O)c1cccc(N2CC(Oc3ccc(COc4cccs4)cc3)C2)c1-n1cccc1. The van der Waals surface area contributed by atoms with Gasteiger partial charge in [-0.05, 0) is 59.5 Å². The molecule has 0 bridgehead atoms. The zero-order valence-corrected chi connectivity index (χ0v) is 19.0. The van der Waals surface area contributed by atoms with Crippen LogP contribution in [-0.2, 0) is 11.3 Å². The number of ether oxygens (including phenoxy) is 3. The lowest BCUT2D eigenvalue weighted by molar-refractivity contribution is 0.0601. The number of rotatable bonds is 8. The third-order valence-electron chi connectivity index (χ3n) is 5.57. The largest absolute Gasteiger partial charge is 0.487 e. The van der Waals surface area contributed by atoms with Crippen molar-refractivity contribution in [2.45, 2.75) is 12.7 Å². The zero-order chi connectivity index (χ0) is 22.6. The van der Waals surface area contributed by atoms with Gasteiger partial charge in [-0.1, -0.05) is 18.2 Å². The summed E-state index contributed by atoms with van der Waals surface area (Å²) in [6, 6.07) is 21.6. The predicted octanol–water partition coefficient (Wildman–Crippen LogP) is 5.17. The highest BCUT2D eigenvalue weighted by molar-refractivity contribution is 7.11. The molecule has 0 amide bonds. The molecular formula is C26H24N2O4S. The lowest BCUT2D eigenvalue weighted by Gasteiger charge is -2.41. The summed E-state index contributed by atoms with van der Waals surface area (Å²) in [5.41, 5.74) is 3.44. The number of hydrogen-bond acceptors (Lipinski definition) is 6. The Morgan fingerprint density at radius 2 is 1.79 bits per heavy atom. The first-order valence-electron chi connectivity index (χ1n) is 10.7. The number of carbonyl (C=O) groups excluding carboxylic acids is 1. The maximum Gasteiger partial charge on any atom is 0.340 e. The molecule has 2 aromatic carbocycles. The van der Waals surface area contributed by atoms with Crippen LogP contribution >= 0.6 is 11.3 Å². The van der Waals surface area contributed by atoms with Gasteiger partial charge in [-0.3, -0.25) is 0 Å². The number of anilines is 1. The van der Waals surface area contributed by atoms with Gasteiger partial charge in [-0.15, -0.1) is 11.3 Å². The van der Waals surface area contributed by atoms with Crippen LogP contribution in [0.25, 0.3) is 5.69 Å². The summed E-state index contributed by atoms with van der Waals surface area (Å²) in [5, 5.41) is 2.92. The maximum atomic E-state index is 12.4. The van der Waals surface area contributed by atoms with Crippen LogP contribution in [0.5, 0.6) is 10.8 Å². The van der Waals surface area contributed by atoms with E-state index in [4.69, 9.17) is 14.2 Å². The van der Waals surface area contributed by atoms with E-state index in [-0.39, 0.29) is 12.1 Å². The minimum atomic E-state index is -0.350. The van der Waals surface area contributed by atoms with Crippen molar-refractivity contribution in [3.05, 3.63) is 95.6 Å². The van der Waals surface area contributed by atoms with Crippen LogP contribution in [-0.4, -0.2) is 36.8 Å². The molecule has 1 saturated heterocycles. The van der Waals surface area contributed by atoms with Gasteiger partial charge in [0, 0.05) is 12.4 Å². The van der Waals surface area contributed by atoms with Gasteiger partial charge in [0.05, 0.1) is 37.1 Å². The molecule has 7 heteroatoms. The van der Waals surface area contributed by atoms with Crippen LogP contribution in [0, 0.1) is 0 Å². The Morgan fingerprint density at radius 3 is 2.48 bits per heavy atom. The molecule has 0 spiro atoms. The van der Waals surface area contributed by atoms with Gasteiger partial charge in [0.2, 0.25) is 0 Å². The Kier molecular flexibility index (Phi) is 6.04. The summed E-state index contributed by atoms with van der Waals surface area (Å²) in [7, 11) is 1.40. The zero-order valence-electron chi connectivity index (χ0n) is 18.2. The van der Waals surface area contributed by atoms with E-state index in [9.17, 15) is 4.79 Å². The molecule has 0 atom stereocenters. The number of nitrogens with zero attached hydrogens (tertiary/aromatic N) is 2. The van der Waals surface area contributed by atoms with Gasteiger partial charge in [-0.25, -0.2) is 4.79 Å². The van der Waals surface area contributed by atoms with Gasteiger partial charge in [-0.2, -0.15) is 0 Å². The van der Waals surface area contributed by atoms with Crippen molar-refractivity contribution >= 4 is 23.0 Å². The van der Waals surface area contributed by atoms with Gasteiger partial charge in [0.25, 0.3) is 0 Å². The highest BCUT2D eigenvalue weighted by atomic mass is 32.1. The number of thiophene rings is 1. The molecule has 6 nitrogen and oxygen atoms in total. The normalized spacial score (nSPS) is 13.4. The number of benzene rings is 2. The van der Waals surface area contributed by atoms with E-state index in [1.807, 2.05) is 83.0 Å². The number of methoxy groups -OCH3 is 1. The first-order chi connectivity index (χ1) is 16.2. The van der Waals surface area contributed by atoms with E-state index in [0.29, 0.717) is 12.2 Å². The third-order valence-corrected chi connectivity index (χ3v) is 6.35. The predicted molar refractivity (Wildman–Crippen MR) is 129 cm³/mol. The first kappa shape index (κ1) is 21.2. The highest BCUT2D eigenvalue weighted by Gasteiger charge is 2.32. The minimum absolute atomic E-state index is 0.0810. The monoisotopic (exact) mass is 460 g/mol. The maximum absolute atomic E-state index is 12.4. The number of aromatic nitrogens is 1. The molecule has 2 aromatic heterocycles. The fourth-order valence-corrected chi connectivity index (χ4v) is 4.46. The lowest BCUT2D eigenvalue weighted by Crippen LogP contribution is -2.54. The number of esters is 1. The second-order valence-electron chi connectivity index (χ2n) is 7.76. The summed E-state index contributed by atoms with van der Waals surface area (Å²) in [6.45, 7) is 2.01. The Bertz CT molecular complexity index is 1200. The van der Waals surface area contributed by atoms with Crippen molar-refractivity contribution in [2.75, 3.05) is 25.1 Å². The van der Waals surface area contributed by atoms with E-state index < -0.39 is 0 Å². The molecule has 1 aliphatic heterocycles. The smallest absolute Gasteiger partial charge is 0.340 e. The third kappa shape index (κ3) is 4.59. The van der Waals surface area contributed by atoms with E-state index in [2.05, 4.69) is 4.90 Å². The Balaban J connectivity index is 1.23. The molecule has 1 fully saturated rings. The van der Waals surface area contributed by atoms with Crippen molar-refractivity contribution in [3.63, 3.8) is 0 Å². The molecule has 3 heterocycles. The van der Waals surface area contributed by atoms with Crippen LogP contribution in [0.15, 0.2) is 84.5 Å². The molecule has 5 rings (SSSR count). The lowest BCUT2D eigenvalue weighted by atomic mass is 10.1. The van der Waals surface area contributed by atoms with Crippen molar-refractivity contribution < 1.29 is 19.0 Å². The summed E-state index contributed by atoms with van der Waals surface area (Å²) < 4.78 is 18.9. The number of para-hydroxylation sites is 1. The summed E-state index contributed by atoms with van der Waals surface area (Å²) >= 11 is 1.59. The quantitative estimate of drug-likeness (QED) is 0.340. The van der Waals surface area contributed by atoms with Crippen molar-refractivity contribution in [3.8, 4) is 16.5 Å². The molecule has 1 aliphatic rings.